The number of hydrogen-bond donors (Lipinski definition) is 1. The fraction of sp³-hybridized carbons (Fsp3) is 0.545. The smallest absolute Gasteiger partial charge is 0.381 e. The summed E-state index contributed by atoms with van der Waals surface area (Å²) in [5, 5.41) is 3.01. The van der Waals surface area contributed by atoms with Gasteiger partial charge in [-0.05, 0) is 25.0 Å². The number of halogens is 3. The molecule has 0 amide bonds. The van der Waals surface area contributed by atoms with Crippen molar-refractivity contribution in [1.29, 1.82) is 0 Å². The summed E-state index contributed by atoms with van der Waals surface area (Å²) in [5.74, 6) is 0. The number of aromatic nitrogens is 1. The molecule has 3 nitrogen and oxygen atoms in total. The van der Waals surface area contributed by atoms with Crippen LogP contribution >= 0.6 is 0 Å². The van der Waals surface area contributed by atoms with Crippen LogP contribution in [0, 0.1) is 0 Å². The minimum atomic E-state index is -4.38. The van der Waals surface area contributed by atoms with Gasteiger partial charge in [-0.2, -0.15) is 13.2 Å². The van der Waals surface area contributed by atoms with Crippen molar-refractivity contribution in [2.75, 3.05) is 18.5 Å². The van der Waals surface area contributed by atoms with Crippen molar-refractivity contribution in [2.45, 2.75) is 25.1 Å². The highest BCUT2D eigenvalue weighted by Gasteiger charge is 2.32. The molecule has 0 bridgehead atoms. The van der Waals surface area contributed by atoms with Gasteiger partial charge in [-0.1, -0.05) is 0 Å². The number of nitrogens with one attached hydrogen (secondary N) is 1. The monoisotopic (exact) mass is 246 g/mol. The first-order valence-corrected chi connectivity index (χ1v) is 5.44. The van der Waals surface area contributed by atoms with Crippen molar-refractivity contribution < 1.29 is 17.9 Å². The molecule has 1 aromatic heterocycles. The molecule has 0 saturated carbocycles. The number of anilines is 1. The van der Waals surface area contributed by atoms with Gasteiger partial charge in [-0.15, -0.1) is 0 Å². The highest BCUT2D eigenvalue weighted by atomic mass is 19.4. The number of alkyl halides is 3. The quantitative estimate of drug-likeness (QED) is 0.890. The minimum Gasteiger partial charge on any atom is -0.381 e. The van der Waals surface area contributed by atoms with Crippen LogP contribution in [-0.4, -0.2) is 24.2 Å². The van der Waals surface area contributed by atoms with Crippen LogP contribution in [0.5, 0.6) is 0 Å². The first-order valence-electron chi connectivity index (χ1n) is 5.44. The predicted molar refractivity (Wildman–Crippen MR) is 56.7 cm³/mol. The SMILES string of the molecule is FC(F)(F)c1ccc(NCC2CCCO2)cn1. The maximum Gasteiger partial charge on any atom is 0.433 e. The van der Waals surface area contributed by atoms with Gasteiger partial charge in [0.05, 0.1) is 18.0 Å². The zero-order chi connectivity index (χ0) is 12.3. The Labute approximate surface area is 97.0 Å². The fourth-order valence-electron chi connectivity index (χ4n) is 1.70. The lowest BCUT2D eigenvalue weighted by Crippen LogP contribution is -2.18. The average Bonchev–Trinajstić information content (AvgIpc) is 2.78. The van der Waals surface area contributed by atoms with E-state index in [4.69, 9.17) is 4.74 Å². The molecule has 1 N–H and O–H groups in total. The zero-order valence-corrected chi connectivity index (χ0v) is 9.13. The molecule has 0 spiro atoms. The standard InChI is InChI=1S/C11H13F3N2O/c12-11(13,14)10-4-3-8(6-16-10)15-7-9-2-1-5-17-9/h3-4,6,9,15H,1-2,5,7H2. The van der Waals surface area contributed by atoms with E-state index in [1.165, 1.54) is 12.3 Å². The first-order chi connectivity index (χ1) is 8.05. The van der Waals surface area contributed by atoms with Gasteiger partial charge in [0.25, 0.3) is 0 Å². The number of hydrogen-bond acceptors (Lipinski definition) is 3. The van der Waals surface area contributed by atoms with E-state index in [2.05, 4.69) is 10.3 Å². The number of rotatable bonds is 3. The largest absolute Gasteiger partial charge is 0.433 e. The van der Waals surface area contributed by atoms with Gasteiger partial charge in [-0.25, -0.2) is 4.98 Å². The molecule has 0 radical (unpaired) electrons. The molecule has 17 heavy (non-hydrogen) atoms. The van der Waals surface area contributed by atoms with E-state index in [-0.39, 0.29) is 6.10 Å². The van der Waals surface area contributed by atoms with Crippen molar-refractivity contribution in [2.24, 2.45) is 0 Å². The molecule has 0 aliphatic carbocycles. The zero-order valence-electron chi connectivity index (χ0n) is 9.13. The van der Waals surface area contributed by atoms with Crippen LogP contribution < -0.4 is 5.32 Å². The Bertz CT molecular complexity index is 358. The Morgan fingerprint density at radius 1 is 1.41 bits per heavy atom. The fourth-order valence-corrected chi connectivity index (χ4v) is 1.70. The minimum absolute atomic E-state index is 0.150. The summed E-state index contributed by atoms with van der Waals surface area (Å²) in [7, 11) is 0. The summed E-state index contributed by atoms with van der Waals surface area (Å²) < 4.78 is 42.1. The van der Waals surface area contributed by atoms with Crippen LogP contribution in [0.4, 0.5) is 18.9 Å². The first kappa shape index (κ1) is 12.2. The molecule has 1 aromatic rings. The maximum absolute atomic E-state index is 12.2. The van der Waals surface area contributed by atoms with Crippen LogP contribution in [0.15, 0.2) is 18.3 Å². The lowest BCUT2D eigenvalue weighted by molar-refractivity contribution is -0.141. The molecule has 1 saturated heterocycles. The summed E-state index contributed by atoms with van der Waals surface area (Å²) in [6.45, 7) is 1.37. The molecule has 6 heteroatoms. The molecule has 2 heterocycles. The Kier molecular flexibility index (Phi) is 3.51. The number of pyridine rings is 1. The second-order valence-electron chi connectivity index (χ2n) is 3.95. The van der Waals surface area contributed by atoms with Crippen molar-refractivity contribution >= 4 is 5.69 Å². The molecular weight excluding hydrogens is 233 g/mol. The van der Waals surface area contributed by atoms with Crippen LogP contribution in [0.3, 0.4) is 0 Å². The van der Waals surface area contributed by atoms with Crippen molar-refractivity contribution in [1.82, 2.24) is 4.98 Å². The van der Waals surface area contributed by atoms with Crippen molar-refractivity contribution in [3.8, 4) is 0 Å². The van der Waals surface area contributed by atoms with E-state index in [0.717, 1.165) is 25.5 Å². The second kappa shape index (κ2) is 4.91. The molecule has 1 fully saturated rings. The summed E-state index contributed by atoms with van der Waals surface area (Å²) >= 11 is 0. The van der Waals surface area contributed by atoms with E-state index >= 15 is 0 Å². The van der Waals surface area contributed by atoms with E-state index in [9.17, 15) is 13.2 Å². The summed E-state index contributed by atoms with van der Waals surface area (Å²) in [6.07, 6.45) is -1.01. The Morgan fingerprint density at radius 2 is 2.24 bits per heavy atom. The van der Waals surface area contributed by atoms with E-state index in [0.29, 0.717) is 12.2 Å². The van der Waals surface area contributed by atoms with E-state index in [1.54, 1.807) is 0 Å². The Balaban J connectivity index is 1.89. The number of nitrogens with zero attached hydrogens (tertiary/aromatic N) is 1. The highest BCUT2D eigenvalue weighted by molar-refractivity contribution is 5.41. The summed E-state index contributed by atoms with van der Waals surface area (Å²) in [6, 6.07) is 2.35. The predicted octanol–water partition coefficient (Wildman–Crippen LogP) is 2.69. The van der Waals surface area contributed by atoms with Crippen molar-refractivity contribution in [3.63, 3.8) is 0 Å². The average molecular weight is 246 g/mol. The van der Waals surface area contributed by atoms with E-state index in [1.807, 2.05) is 0 Å². The van der Waals surface area contributed by atoms with Gasteiger partial charge in [0.15, 0.2) is 0 Å². The molecule has 1 unspecified atom stereocenters. The lowest BCUT2D eigenvalue weighted by atomic mass is 10.2. The van der Waals surface area contributed by atoms with E-state index < -0.39 is 11.9 Å². The van der Waals surface area contributed by atoms with Crippen LogP contribution in [-0.2, 0) is 10.9 Å². The van der Waals surface area contributed by atoms with Gasteiger partial charge < -0.3 is 10.1 Å². The van der Waals surface area contributed by atoms with Gasteiger partial charge in [0, 0.05) is 13.2 Å². The topological polar surface area (TPSA) is 34.1 Å². The Morgan fingerprint density at radius 3 is 2.76 bits per heavy atom. The summed E-state index contributed by atoms with van der Waals surface area (Å²) in [4.78, 5) is 3.37. The number of ether oxygens (including phenoxy) is 1. The second-order valence-corrected chi connectivity index (χ2v) is 3.95. The van der Waals surface area contributed by atoms with Gasteiger partial charge in [-0.3, -0.25) is 0 Å². The highest BCUT2D eigenvalue weighted by Crippen LogP contribution is 2.27. The summed E-state index contributed by atoms with van der Waals surface area (Å²) in [5.41, 5.74) is -0.298. The molecule has 1 aliphatic rings. The van der Waals surface area contributed by atoms with Crippen LogP contribution in [0.2, 0.25) is 0 Å². The van der Waals surface area contributed by atoms with Gasteiger partial charge in [0.1, 0.15) is 5.69 Å². The van der Waals surface area contributed by atoms with Gasteiger partial charge in [0.2, 0.25) is 0 Å². The maximum atomic E-state index is 12.2. The van der Waals surface area contributed by atoms with Crippen LogP contribution in [0.25, 0.3) is 0 Å². The molecule has 0 aromatic carbocycles. The Hall–Kier alpha value is -1.30. The third-order valence-electron chi connectivity index (χ3n) is 2.61. The molecular formula is C11H13F3N2O. The molecule has 94 valence electrons. The molecule has 2 rings (SSSR count). The lowest BCUT2D eigenvalue weighted by Gasteiger charge is -2.12. The third-order valence-corrected chi connectivity index (χ3v) is 2.61. The third kappa shape index (κ3) is 3.33. The normalized spacial score (nSPS) is 20.5. The van der Waals surface area contributed by atoms with Gasteiger partial charge >= 0.3 is 6.18 Å². The molecule has 1 aliphatic heterocycles. The molecule has 1 atom stereocenters. The van der Waals surface area contributed by atoms with Crippen LogP contribution in [0.1, 0.15) is 18.5 Å². The van der Waals surface area contributed by atoms with Crippen molar-refractivity contribution in [3.05, 3.63) is 24.0 Å².